The molecule has 1 atom stereocenters. The molecule has 0 N–H and O–H groups in total. The Kier molecular flexibility index (Phi) is 3.32. The number of hydrogen-bond acceptors (Lipinski definition) is 4. The summed E-state index contributed by atoms with van der Waals surface area (Å²) in [5.41, 5.74) is 4.89. The highest BCUT2D eigenvalue weighted by molar-refractivity contribution is 6.16. The third-order valence-corrected chi connectivity index (χ3v) is 5.47. The predicted octanol–water partition coefficient (Wildman–Crippen LogP) is 4.96. The van der Waals surface area contributed by atoms with E-state index in [0.717, 1.165) is 22.3 Å². The Balaban J connectivity index is 1.67. The van der Waals surface area contributed by atoms with Crippen molar-refractivity contribution in [3.63, 3.8) is 0 Å². The van der Waals surface area contributed by atoms with Gasteiger partial charge in [0, 0.05) is 5.69 Å². The highest BCUT2D eigenvalue weighted by atomic mass is 16.1. The second kappa shape index (κ2) is 6.01. The lowest BCUT2D eigenvalue weighted by Gasteiger charge is -2.25. The summed E-state index contributed by atoms with van der Waals surface area (Å²) in [5.74, 6) is 0.668. The van der Waals surface area contributed by atoms with E-state index in [2.05, 4.69) is 0 Å². The SMILES string of the molecule is O=C1c2c(ncn3c2nc2ccccc23)N(c2ccccc2)[C@H]1c1ccccc1. The lowest BCUT2D eigenvalue weighted by molar-refractivity contribution is 0.0975. The van der Waals surface area contributed by atoms with Crippen molar-refractivity contribution in [2.75, 3.05) is 4.90 Å². The Bertz CT molecular complexity index is 1380. The average molecular weight is 376 g/mol. The number of rotatable bonds is 2. The van der Waals surface area contributed by atoms with Crippen LogP contribution >= 0.6 is 0 Å². The van der Waals surface area contributed by atoms with Crippen LogP contribution in [0.1, 0.15) is 22.0 Å². The molecule has 5 heteroatoms. The predicted molar refractivity (Wildman–Crippen MR) is 113 cm³/mol. The quantitative estimate of drug-likeness (QED) is 0.437. The van der Waals surface area contributed by atoms with Gasteiger partial charge in [0.25, 0.3) is 0 Å². The first-order chi connectivity index (χ1) is 14.3. The minimum absolute atomic E-state index is 0.0171. The Morgan fingerprint density at radius 1 is 0.793 bits per heavy atom. The molecule has 5 aromatic rings. The Hall–Kier alpha value is -3.99. The normalized spacial score (nSPS) is 15.9. The van der Waals surface area contributed by atoms with Gasteiger partial charge in [-0.25, -0.2) is 9.97 Å². The van der Waals surface area contributed by atoms with Gasteiger partial charge in [-0.2, -0.15) is 0 Å². The minimum Gasteiger partial charge on any atom is -0.311 e. The number of benzene rings is 3. The first-order valence-corrected chi connectivity index (χ1v) is 9.52. The van der Waals surface area contributed by atoms with E-state index in [4.69, 9.17) is 9.97 Å². The van der Waals surface area contributed by atoms with Crippen LogP contribution in [0.5, 0.6) is 0 Å². The standard InChI is InChI=1S/C24H16N4O/c29-22-20-23(25-15-27-19-14-8-7-13-18(19)26-24(20)27)28(17-11-5-2-6-12-17)21(22)16-9-3-1-4-10-16/h1-15,21H/t21-/m0/s1. The maximum Gasteiger partial charge on any atom is 0.197 e. The van der Waals surface area contributed by atoms with Crippen LogP contribution in [0.25, 0.3) is 16.7 Å². The Morgan fingerprint density at radius 2 is 1.48 bits per heavy atom. The van der Waals surface area contributed by atoms with Crippen molar-refractivity contribution in [1.29, 1.82) is 0 Å². The molecule has 0 unspecified atom stereocenters. The fourth-order valence-electron chi connectivity index (χ4n) is 4.19. The summed E-state index contributed by atoms with van der Waals surface area (Å²) in [6, 6.07) is 27.2. The number of ketones is 1. The van der Waals surface area contributed by atoms with Gasteiger partial charge < -0.3 is 4.90 Å². The van der Waals surface area contributed by atoms with E-state index in [1.165, 1.54) is 0 Å². The number of fused-ring (bicyclic) bond motifs is 5. The van der Waals surface area contributed by atoms with Crippen molar-refractivity contribution in [2.45, 2.75) is 6.04 Å². The van der Waals surface area contributed by atoms with Crippen LogP contribution in [-0.2, 0) is 0 Å². The van der Waals surface area contributed by atoms with Crippen molar-refractivity contribution in [1.82, 2.24) is 14.4 Å². The molecule has 1 aliphatic heterocycles. The summed E-state index contributed by atoms with van der Waals surface area (Å²) in [6.07, 6.45) is 1.76. The summed E-state index contributed by atoms with van der Waals surface area (Å²) in [6.45, 7) is 0. The molecule has 0 radical (unpaired) electrons. The van der Waals surface area contributed by atoms with E-state index < -0.39 is 6.04 Å². The van der Waals surface area contributed by atoms with Crippen molar-refractivity contribution in [2.24, 2.45) is 0 Å². The molecule has 2 aromatic heterocycles. The number of anilines is 2. The number of carbonyl (C=O) groups excluding carboxylic acids is 1. The van der Waals surface area contributed by atoms with Crippen molar-refractivity contribution in [3.05, 3.63) is 102 Å². The Labute approximate surface area is 166 Å². The minimum atomic E-state index is -0.466. The van der Waals surface area contributed by atoms with Gasteiger partial charge in [0.05, 0.1) is 11.0 Å². The number of para-hydroxylation sites is 3. The largest absolute Gasteiger partial charge is 0.311 e. The number of carbonyl (C=O) groups is 1. The molecule has 0 fully saturated rings. The van der Waals surface area contributed by atoms with Gasteiger partial charge in [-0.3, -0.25) is 9.20 Å². The van der Waals surface area contributed by atoms with E-state index in [0.29, 0.717) is 17.0 Å². The zero-order valence-corrected chi connectivity index (χ0v) is 15.4. The topological polar surface area (TPSA) is 50.5 Å². The van der Waals surface area contributed by atoms with Crippen molar-refractivity contribution >= 4 is 34.0 Å². The molecule has 3 heterocycles. The van der Waals surface area contributed by atoms with Crippen LogP contribution in [-0.4, -0.2) is 20.2 Å². The summed E-state index contributed by atoms with van der Waals surface area (Å²) in [7, 11) is 0. The molecular weight excluding hydrogens is 360 g/mol. The monoisotopic (exact) mass is 376 g/mol. The van der Waals surface area contributed by atoms with Gasteiger partial charge >= 0.3 is 0 Å². The molecule has 0 amide bonds. The summed E-state index contributed by atoms with van der Waals surface area (Å²) in [5, 5.41) is 0. The van der Waals surface area contributed by atoms with Crippen LogP contribution in [0.15, 0.2) is 91.3 Å². The van der Waals surface area contributed by atoms with Gasteiger partial charge in [0.1, 0.15) is 17.9 Å². The smallest absolute Gasteiger partial charge is 0.197 e. The van der Waals surface area contributed by atoms with E-state index in [1.54, 1.807) is 6.33 Å². The van der Waals surface area contributed by atoms with E-state index in [9.17, 15) is 4.79 Å². The first kappa shape index (κ1) is 16.0. The Morgan fingerprint density at radius 3 is 2.28 bits per heavy atom. The average Bonchev–Trinajstić information content (AvgIpc) is 3.30. The van der Waals surface area contributed by atoms with Crippen LogP contribution in [0.3, 0.4) is 0 Å². The maximum absolute atomic E-state index is 13.7. The number of imidazole rings is 1. The maximum atomic E-state index is 13.7. The molecule has 6 rings (SSSR count). The third kappa shape index (κ3) is 2.24. The van der Waals surface area contributed by atoms with Crippen LogP contribution in [0, 0.1) is 0 Å². The molecule has 1 aliphatic rings. The molecule has 0 bridgehead atoms. The highest BCUT2D eigenvalue weighted by Crippen LogP contribution is 2.45. The van der Waals surface area contributed by atoms with Crippen molar-refractivity contribution < 1.29 is 4.79 Å². The lowest BCUT2D eigenvalue weighted by Crippen LogP contribution is -2.23. The zero-order chi connectivity index (χ0) is 19.4. The van der Waals surface area contributed by atoms with Crippen LogP contribution < -0.4 is 4.90 Å². The fourth-order valence-corrected chi connectivity index (χ4v) is 4.19. The summed E-state index contributed by atoms with van der Waals surface area (Å²) in [4.78, 5) is 25.2. The molecule has 0 saturated carbocycles. The van der Waals surface area contributed by atoms with E-state index >= 15 is 0 Å². The summed E-state index contributed by atoms with van der Waals surface area (Å²) >= 11 is 0. The molecule has 29 heavy (non-hydrogen) atoms. The second-order valence-electron chi connectivity index (χ2n) is 7.12. The molecule has 0 saturated heterocycles. The van der Waals surface area contributed by atoms with Gasteiger partial charge in [0.15, 0.2) is 17.2 Å². The summed E-state index contributed by atoms with van der Waals surface area (Å²) < 4.78 is 1.91. The number of Topliss-reactive ketones (excluding diaryl/α,β-unsaturated/α-hetero) is 1. The van der Waals surface area contributed by atoms with E-state index in [1.807, 2.05) is 94.2 Å². The fraction of sp³-hybridized carbons (Fsp3) is 0.0417. The number of hydrogen-bond donors (Lipinski definition) is 0. The molecule has 138 valence electrons. The van der Waals surface area contributed by atoms with Gasteiger partial charge in [-0.15, -0.1) is 0 Å². The lowest BCUT2D eigenvalue weighted by atomic mass is 10.0. The van der Waals surface area contributed by atoms with Crippen molar-refractivity contribution in [3.8, 4) is 0 Å². The van der Waals surface area contributed by atoms with E-state index in [-0.39, 0.29) is 5.78 Å². The molecule has 5 nitrogen and oxygen atoms in total. The van der Waals surface area contributed by atoms with Gasteiger partial charge in [-0.05, 0) is 29.8 Å². The molecule has 0 spiro atoms. The highest BCUT2D eigenvalue weighted by Gasteiger charge is 2.42. The van der Waals surface area contributed by atoms with Crippen LogP contribution in [0.2, 0.25) is 0 Å². The molecule has 0 aliphatic carbocycles. The molecule has 3 aromatic carbocycles. The third-order valence-electron chi connectivity index (χ3n) is 5.47. The second-order valence-corrected chi connectivity index (χ2v) is 7.12. The number of nitrogens with zero attached hydrogens (tertiary/aromatic N) is 4. The van der Waals surface area contributed by atoms with Gasteiger partial charge in [-0.1, -0.05) is 60.7 Å². The van der Waals surface area contributed by atoms with Crippen LogP contribution in [0.4, 0.5) is 11.5 Å². The number of aromatic nitrogens is 3. The zero-order valence-electron chi connectivity index (χ0n) is 15.4. The van der Waals surface area contributed by atoms with Gasteiger partial charge in [0.2, 0.25) is 0 Å². The first-order valence-electron chi connectivity index (χ1n) is 9.52. The molecular formula is C24H16N4O.